The summed E-state index contributed by atoms with van der Waals surface area (Å²) in [5.74, 6) is 0. The van der Waals surface area contributed by atoms with Crippen LogP contribution in [0.2, 0.25) is 10.0 Å². The Labute approximate surface area is 130 Å². The van der Waals surface area contributed by atoms with Crippen LogP contribution in [0.4, 0.5) is 5.69 Å². The molecule has 21 heavy (non-hydrogen) atoms. The molecule has 0 heterocycles. The van der Waals surface area contributed by atoms with Crippen molar-refractivity contribution in [3.63, 3.8) is 0 Å². The molecule has 3 aromatic rings. The van der Waals surface area contributed by atoms with Crippen LogP contribution in [-0.2, 0) is 0 Å². The van der Waals surface area contributed by atoms with Gasteiger partial charge in [0.05, 0.1) is 10.3 Å². The predicted molar refractivity (Wildman–Crippen MR) is 86.1 cm³/mol. The van der Waals surface area contributed by atoms with Gasteiger partial charge in [0.2, 0.25) is 0 Å². The van der Waals surface area contributed by atoms with Crippen LogP contribution < -0.4 is 0 Å². The molecule has 3 nitrogen and oxygen atoms in total. The zero-order valence-electron chi connectivity index (χ0n) is 10.7. The molecule has 3 aromatic carbocycles. The van der Waals surface area contributed by atoms with Gasteiger partial charge in [0.1, 0.15) is 0 Å². The van der Waals surface area contributed by atoms with E-state index >= 15 is 0 Å². The molecule has 3 rings (SSSR count). The lowest BCUT2D eigenvalue weighted by Crippen LogP contribution is -1.90. The summed E-state index contributed by atoms with van der Waals surface area (Å²) in [6.07, 6.45) is 0. The fourth-order valence-electron chi connectivity index (χ4n) is 2.41. The van der Waals surface area contributed by atoms with Crippen molar-refractivity contribution in [2.75, 3.05) is 0 Å². The molecule has 0 aromatic heterocycles. The first-order valence-electron chi connectivity index (χ1n) is 6.19. The Morgan fingerprint density at radius 1 is 0.857 bits per heavy atom. The van der Waals surface area contributed by atoms with Crippen LogP contribution in [-0.4, -0.2) is 4.92 Å². The number of nitro benzene ring substituents is 1. The van der Waals surface area contributed by atoms with Crippen molar-refractivity contribution in [2.45, 2.75) is 0 Å². The second-order valence-corrected chi connectivity index (χ2v) is 5.47. The van der Waals surface area contributed by atoms with Crippen LogP contribution in [0, 0.1) is 10.1 Å². The predicted octanol–water partition coefficient (Wildman–Crippen LogP) is 5.72. The van der Waals surface area contributed by atoms with Crippen LogP contribution in [0.15, 0.2) is 54.6 Å². The van der Waals surface area contributed by atoms with E-state index in [1.165, 1.54) is 6.07 Å². The van der Waals surface area contributed by atoms with Crippen LogP contribution in [0.3, 0.4) is 0 Å². The number of nitro groups is 1. The van der Waals surface area contributed by atoms with Crippen molar-refractivity contribution in [1.29, 1.82) is 0 Å². The molecule has 0 radical (unpaired) electrons. The van der Waals surface area contributed by atoms with E-state index in [1.54, 1.807) is 36.4 Å². The van der Waals surface area contributed by atoms with Crippen molar-refractivity contribution in [1.82, 2.24) is 0 Å². The summed E-state index contributed by atoms with van der Waals surface area (Å²) in [6.45, 7) is 0. The van der Waals surface area contributed by atoms with E-state index in [0.29, 0.717) is 15.4 Å². The van der Waals surface area contributed by atoms with Gasteiger partial charge in [0.25, 0.3) is 5.69 Å². The molecule has 5 heteroatoms. The second-order valence-electron chi connectivity index (χ2n) is 4.59. The lowest BCUT2D eigenvalue weighted by Gasteiger charge is -2.08. The summed E-state index contributed by atoms with van der Waals surface area (Å²) < 4.78 is 0. The zero-order chi connectivity index (χ0) is 15.0. The van der Waals surface area contributed by atoms with Crippen LogP contribution in [0.25, 0.3) is 21.9 Å². The van der Waals surface area contributed by atoms with Gasteiger partial charge in [0.15, 0.2) is 0 Å². The molecule has 0 unspecified atom stereocenters. The summed E-state index contributed by atoms with van der Waals surface area (Å²) in [5, 5.41) is 13.6. The van der Waals surface area contributed by atoms with E-state index in [1.807, 2.05) is 12.1 Å². The maximum atomic E-state index is 11.1. The molecular formula is C16H9Cl2NO2. The number of halogens is 2. The Hall–Kier alpha value is -2.10. The van der Waals surface area contributed by atoms with Gasteiger partial charge in [-0.15, -0.1) is 0 Å². The highest BCUT2D eigenvalue weighted by Gasteiger charge is 2.14. The minimum Gasteiger partial charge on any atom is -0.258 e. The normalized spacial score (nSPS) is 10.8. The lowest BCUT2D eigenvalue weighted by atomic mass is 9.97. The summed E-state index contributed by atoms with van der Waals surface area (Å²) in [5.41, 5.74) is 1.78. The Morgan fingerprint density at radius 2 is 1.48 bits per heavy atom. The molecule has 0 aliphatic heterocycles. The number of nitrogens with zero attached hydrogens (tertiary/aromatic N) is 1. The van der Waals surface area contributed by atoms with Gasteiger partial charge in [-0.25, -0.2) is 0 Å². The zero-order valence-corrected chi connectivity index (χ0v) is 12.2. The van der Waals surface area contributed by atoms with Crippen molar-refractivity contribution < 1.29 is 4.92 Å². The SMILES string of the molecule is O=[N+]([O-])c1cccc2c(-c3cc(Cl)cc(Cl)c3)cccc12. The maximum absolute atomic E-state index is 11.1. The van der Waals surface area contributed by atoms with Gasteiger partial charge in [0, 0.05) is 16.1 Å². The summed E-state index contributed by atoms with van der Waals surface area (Å²) in [6, 6.07) is 15.7. The van der Waals surface area contributed by atoms with Gasteiger partial charge >= 0.3 is 0 Å². The van der Waals surface area contributed by atoms with E-state index in [4.69, 9.17) is 23.2 Å². The molecule has 0 aliphatic carbocycles. The fourth-order valence-corrected chi connectivity index (χ4v) is 2.94. The number of rotatable bonds is 2. The molecule has 0 bridgehead atoms. The monoisotopic (exact) mass is 317 g/mol. The molecule has 0 saturated carbocycles. The standard InChI is InChI=1S/C16H9Cl2NO2/c17-11-7-10(8-12(18)9-11)13-3-1-5-15-14(13)4-2-6-16(15)19(20)21/h1-9H. The number of benzene rings is 3. The second kappa shape index (κ2) is 5.35. The molecule has 0 aliphatic rings. The Bertz CT molecular complexity index is 842. The van der Waals surface area contributed by atoms with Gasteiger partial charge in [-0.3, -0.25) is 10.1 Å². The number of fused-ring (bicyclic) bond motifs is 1. The summed E-state index contributed by atoms with van der Waals surface area (Å²) in [7, 11) is 0. The van der Waals surface area contributed by atoms with E-state index < -0.39 is 0 Å². The highest BCUT2D eigenvalue weighted by atomic mass is 35.5. The number of non-ortho nitro benzene ring substituents is 1. The Morgan fingerprint density at radius 3 is 2.14 bits per heavy atom. The largest absolute Gasteiger partial charge is 0.277 e. The summed E-state index contributed by atoms with van der Waals surface area (Å²) >= 11 is 12.1. The van der Waals surface area contributed by atoms with Crippen molar-refractivity contribution >= 4 is 39.7 Å². The Balaban J connectivity index is 2.33. The highest BCUT2D eigenvalue weighted by Crippen LogP contribution is 2.35. The van der Waals surface area contributed by atoms with Crippen LogP contribution in [0.5, 0.6) is 0 Å². The quantitative estimate of drug-likeness (QED) is 0.448. The third-order valence-corrected chi connectivity index (χ3v) is 3.71. The average molecular weight is 318 g/mol. The van der Waals surface area contributed by atoms with E-state index in [-0.39, 0.29) is 10.6 Å². The molecule has 0 N–H and O–H groups in total. The smallest absolute Gasteiger partial charge is 0.258 e. The number of hydrogen-bond donors (Lipinski definition) is 0. The van der Waals surface area contributed by atoms with Crippen LogP contribution in [0.1, 0.15) is 0 Å². The van der Waals surface area contributed by atoms with E-state index in [2.05, 4.69) is 0 Å². The minimum absolute atomic E-state index is 0.0856. The van der Waals surface area contributed by atoms with Crippen molar-refractivity contribution in [3.8, 4) is 11.1 Å². The highest BCUT2D eigenvalue weighted by molar-refractivity contribution is 6.35. The van der Waals surface area contributed by atoms with Gasteiger partial charge in [-0.05, 0) is 40.8 Å². The van der Waals surface area contributed by atoms with E-state index in [0.717, 1.165) is 16.5 Å². The molecule has 0 spiro atoms. The summed E-state index contributed by atoms with van der Waals surface area (Å²) in [4.78, 5) is 10.8. The third-order valence-electron chi connectivity index (χ3n) is 3.27. The fraction of sp³-hybridized carbons (Fsp3) is 0. The first-order valence-corrected chi connectivity index (χ1v) is 6.94. The van der Waals surface area contributed by atoms with E-state index in [9.17, 15) is 10.1 Å². The van der Waals surface area contributed by atoms with Crippen LogP contribution >= 0.6 is 23.2 Å². The molecule has 0 atom stereocenters. The maximum Gasteiger partial charge on any atom is 0.277 e. The lowest BCUT2D eigenvalue weighted by molar-refractivity contribution is -0.383. The molecule has 104 valence electrons. The van der Waals surface area contributed by atoms with Crippen molar-refractivity contribution in [3.05, 3.63) is 74.8 Å². The first kappa shape index (κ1) is 13.9. The molecule has 0 amide bonds. The third kappa shape index (κ3) is 2.58. The average Bonchev–Trinajstić information content (AvgIpc) is 2.44. The number of hydrogen-bond acceptors (Lipinski definition) is 2. The topological polar surface area (TPSA) is 43.1 Å². The van der Waals surface area contributed by atoms with Gasteiger partial charge in [-0.2, -0.15) is 0 Å². The van der Waals surface area contributed by atoms with Gasteiger partial charge < -0.3 is 0 Å². The Kier molecular flexibility index (Phi) is 3.53. The minimum atomic E-state index is -0.378. The molecular weight excluding hydrogens is 309 g/mol. The molecule has 0 saturated heterocycles. The van der Waals surface area contributed by atoms with Gasteiger partial charge in [-0.1, -0.05) is 47.5 Å². The van der Waals surface area contributed by atoms with Crippen molar-refractivity contribution in [2.24, 2.45) is 0 Å². The first-order chi connectivity index (χ1) is 10.1. The molecule has 0 fully saturated rings.